The fraction of sp³-hybridized carbons (Fsp3) is 0.250. The number of carbonyl (C=O) groups excluding carboxylic acids is 1. The number of hydrogen-bond acceptors (Lipinski definition) is 4. The fourth-order valence-electron chi connectivity index (χ4n) is 3.09. The third-order valence-corrected chi connectivity index (χ3v) is 4.84. The summed E-state index contributed by atoms with van der Waals surface area (Å²) in [7, 11) is 0. The fourth-order valence-corrected chi connectivity index (χ4v) is 3.09. The molecule has 148 valence electrons. The topological polar surface area (TPSA) is 51.7 Å². The summed E-state index contributed by atoms with van der Waals surface area (Å²) in [4.78, 5) is 18.6. The first kappa shape index (κ1) is 19.0. The molecule has 0 spiro atoms. The molecule has 1 amide bonds. The van der Waals surface area contributed by atoms with Crippen molar-refractivity contribution in [3.05, 3.63) is 90.3 Å². The molecule has 1 aliphatic rings. The number of hydrogen-bond donors (Lipinski definition) is 0. The molecule has 0 bridgehead atoms. The third-order valence-electron chi connectivity index (χ3n) is 4.84. The van der Waals surface area contributed by atoms with E-state index in [2.05, 4.69) is 4.98 Å². The normalized spacial score (nSPS) is 13.0. The van der Waals surface area contributed by atoms with Crippen LogP contribution in [0.2, 0.25) is 0 Å². The van der Waals surface area contributed by atoms with E-state index >= 15 is 0 Å². The first-order valence-corrected chi connectivity index (χ1v) is 9.86. The van der Waals surface area contributed by atoms with Gasteiger partial charge in [-0.25, -0.2) is 0 Å². The van der Waals surface area contributed by atoms with Crippen LogP contribution in [0.4, 0.5) is 0 Å². The summed E-state index contributed by atoms with van der Waals surface area (Å²) in [5.74, 6) is 1.43. The molecule has 3 aromatic rings. The lowest BCUT2D eigenvalue weighted by Crippen LogP contribution is -2.36. The van der Waals surface area contributed by atoms with Gasteiger partial charge in [0.2, 0.25) is 0 Å². The zero-order chi connectivity index (χ0) is 19.9. The van der Waals surface area contributed by atoms with E-state index in [1.165, 1.54) is 0 Å². The molecule has 5 heteroatoms. The largest absolute Gasteiger partial charge is 0.489 e. The summed E-state index contributed by atoms with van der Waals surface area (Å²) in [5.41, 5.74) is 2.20. The molecule has 0 aliphatic heterocycles. The van der Waals surface area contributed by atoms with Gasteiger partial charge in [-0.3, -0.25) is 9.78 Å². The van der Waals surface area contributed by atoms with Crippen LogP contribution in [0.15, 0.2) is 79.1 Å². The monoisotopic (exact) mass is 388 g/mol. The summed E-state index contributed by atoms with van der Waals surface area (Å²) < 4.78 is 11.5. The van der Waals surface area contributed by atoms with Gasteiger partial charge in [-0.2, -0.15) is 0 Å². The van der Waals surface area contributed by atoms with Crippen LogP contribution in [-0.2, 0) is 17.9 Å². The van der Waals surface area contributed by atoms with Crippen LogP contribution >= 0.6 is 0 Å². The van der Waals surface area contributed by atoms with E-state index in [0.29, 0.717) is 24.9 Å². The van der Waals surface area contributed by atoms with Gasteiger partial charge < -0.3 is 14.4 Å². The highest BCUT2D eigenvalue weighted by molar-refractivity contribution is 5.78. The Labute approximate surface area is 170 Å². The molecule has 0 N–H and O–H groups in total. The van der Waals surface area contributed by atoms with Gasteiger partial charge in [0.25, 0.3) is 5.91 Å². The Morgan fingerprint density at radius 3 is 2.17 bits per heavy atom. The van der Waals surface area contributed by atoms with Crippen LogP contribution in [0, 0.1) is 0 Å². The summed E-state index contributed by atoms with van der Waals surface area (Å²) >= 11 is 0. The quantitative estimate of drug-likeness (QED) is 0.550. The number of amides is 1. The average molecular weight is 388 g/mol. The van der Waals surface area contributed by atoms with Crippen molar-refractivity contribution in [3.8, 4) is 11.5 Å². The molecule has 1 aromatic heterocycles. The molecule has 0 atom stereocenters. The van der Waals surface area contributed by atoms with Crippen molar-refractivity contribution in [3.63, 3.8) is 0 Å². The van der Waals surface area contributed by atoms with Gasteiger partial charge in [0.05, 0.1) is 0 Å². The van der Waals surface area contributed by atoms with E-state index in [1.807, 2.05) is 71.6 Å². The molecule has 1 aliphatic carbocycles. The van der Waals surface area contributed by atoms with E-state index in [4.69, 9.17) is 9.47 Å². The van der Waals surface area contributed by atoms with Gasteiger partial charge in [-0.05, 0) is 60.4 Å². The zero-order valence-electron chi connectivity index (χ0n) is 16.2. The minimum absolute atomic E-state index is 0.00807. The first-order chi connectivity index (χ1) is 14.3. The first-order valence-electron chi connectivity index (χ1n) is 9.86. The number of aromatic nitrogens is 1. The van der Waals surface area contributed by atoms with Crippen LogP contribution in [0.5, 0.6) is 11.5 Å². The Morgan fingerprint density at radius 1 is 0.862 bits per heavy atom. The predicted molar refractivity (Wildman–Crippen MR) is 111 cm³/mol. The third kappa shape index (κ3) is 5.57. The van der Waals surface area contributed by atoms with Crippen molar-refractivity contribution < 1.29 is 14.3 Å². The van der Waals surface area contributed by atoms with Crippen LogP contribution in [-0.4, -0.2) is 28.4 Å². The number of nitrogens with zero attached hydrogens (tertiary/aromatic N) is 2. The molecule has 0 radical (unpaired) electrons. The lowest BCUT2D eigenvalue weighted by atomic mass is 10.2. The number of ether oxygens (including phenoxy) is 2. The standard InChI is InChI=1S/C24H24N2O3/c27-24(26(21-6-7-21)16-19-12-14-25-15-13-19)18-29-23-10-8-22(9-11-23)28-17-20-4-2-1-3-5-20/h1-5,8-15,21H,6-7,16-18H2. The van der Waals surface area contributed by atoms with Gasteiger partial charge in [0.1, 0.15) is 18.1 Å². The van der Waals surface area contributed by atoms with Gasteiger partial charge in [-0.15, -0.1) is 0 Å². The van der Waals surface area contributed by atoms with Gasteiger partial charge in [0.15, 0.2) is 6.61 Å². The minimum Gasteiger partial charge on any atom is -0.489 e. The average Bonchev–Trinajstić information content (AvgIpc) is 3.62. The minimum atomic E-state index is 0.00807. The molecule has 1 saturated carbocycles. The highest BCUT2D eigenvalue weighted by atomic mass is 16.5. The second-order valence-electron chi connectivity index (χ2n) is 7.14. The van der Waals surface area contributed by atoms with Crippen LogP contribution in [0.25, 0.3) is 0 Å². The van der Waals surface area contributed by atoms with E-state index in [1.54, 1.807) is 12.4 Å². The van der Waals surface area contributed by atoms with E-state index in [-0.39, 0.29) is 12.5 Å². The number of pyridine rings is 1. The van der Waals surface area contributed by atoms with E-state index < -0.39 is 0 Å². The molecule has 2 aromatic carbocycles. The lowest BCUT2D eigenvalue weighted by Gasteiger charge is -2.22. The van der Waals surface area contributed by atoms with Gasteiger partial charge in [-0.1, -0.05) is 30.3 Å². The SMILES string of the molecule is O=C(COc1ccc(OCc2ccccc2)cc1)N(Cc1ccncc1)C1CC1. The summed E-state index contributed by atoms with van der Waals surface area (Å²) in [6.07, 6.45) is 5.63. The highest BCUT2D eigenvalue weighted by Crippen LogP contribution is 2.28. The summed E-state index contributed by atoms with van der Waals surface area (Å²) in [5, 5.41) is 0. The van der Waals surface area contributed by atoms with E-state index in [9.17, 15) is 4.79 Å². The van der Waals surface area contributed by atoms with E-state index in [0.717, 1.165) is 29.7 Å². The summed E-state index contributed by atoms with van der Waals surface area (Å²) in [6, 6.07) is 21.6. The van der Waals surface area contributed by atoms with Crippen molar-refractivity contribution in [1.82, 2.24) is 9.88 Å². The zero-order valence-corrected chi connectivity index (χ0v) is 16.2. The van der Waals surface area contributed by atoms with Crippen molar-refractivity contribution in [2.45, 2.75) is 32.0 Å². The summed E-state index contributed by atoms with van der Waals surface area (Å²) in [6.45, 7) is 1.15. The number of carbonyl (C=O) groups is 1. The van der Waals surface area contributed by atoms with Crippen molar-refractivity contribution in [2.75, 3.05) is 6.61 Å². The number of benzene rings is 2. The highest BCUT2D eigenvalue weighted by Gasteiger charge is 2.32. The smallest absolute Gasteiger partial charge is 0.261 e. The maximum atomic E-state index is 12.7. The Morgan fingerprint density at radius 2 is 1.52 bits per heavy atom. The van der Waals surface area contributed by atoms with Crippen LogP contribution < -0.4 is 9.47 Å². The Balaban J connectivity index is 1.28. The Bertz CT molecular complexity index is 910. The molecule has 1 fully saturated rings. The van der Waals surface area contributed by atoms with Gasteiger partial charge in [0, 0.05) is 25.0 Å². The maximum absolute atomic E-state index is 12.7. The molecular weight excluding hydrogens is 364 g/mol. The molecule has 0 saturated heterocycles. The van der Waals surface area contributed by atoms with Crippen molar-refractivity contribution in [2.24, 2.45) is 0 Å². The molecular formula is C24H24N2O3. The Kier molecular flexibility index (Phi) is 6.05. The molecule has 0 unspecified atom stereocenters. The molecule has 4 rings (SSSR count). The number of rotatable bonds is 9. The van der Waals surface area contributed by atoms with Crippen molar-refractivity contribution in [1.29, 1.82) is 0 Å². The lowest BCUT2D eigenvalue weighted by molar-refractivity contribution is -0.134. The molecule has 29 heavy (non-hydrogen) atoms. The predicted octanol–water partition coefficient (Wildman–Crippen LogP) is 4.23. The second kappa shape index (κ2) is 9.24. The molecule has 1 heterocycles. The maximum Gasteiger partial charge on any atom is 0.261 e. The van der Waals surface area contributed by atoms with Crippen LogP contribution in [0.3, 0.4) is 0 Å². The van der Waals surface area contributed by atoms with Crippen molar-refractivity contribution >= 4 is 5.91 Å². The van der Waals surface area contributed by atoms with Gasteiger partial charge >= 0.3 is 0 Å². The second-order valence-corrected chi connectivity index (χ2v) is 7.14. The van der Waals surface area contributed by atoms with Crippen LogP contribution in [0.1, 0.15) is 24.0 Å². The molecule has 5 nitrogen and oxygen atoms in total. The Hall–Kier alpha value is -3.34.